The maximum absolute atomic E-state index is 14.5. The number of esters is 1. The summed E-state index contributed by atoms with van der Waals surface area (Å²) in [6.45, 7) is 18.5. The van der Waals surface area contributed by atoms with E-state index in [9.17, 15) is 53.6 Å². The molecule has 78 heavy (non-hydrogen) atoms. The molecule has 18 heteroatoms. The van der Waals surface area contributed by atoms with Gasteiger partial charge in [0.2, 0.25) is 17.7 Å². The zero-order valence-corrected chi connectivity index (χ0v) is 47.4. The van der Waals surface area contributed by atoms with Crippen LogP contribution in [0.15, 0.2) is 78.0 Å². The molecular formula is C60H88FN5O12. The van der Waals surface area contributed by atoms with Gasteiger partial charge in [-0.3, -0.25) is 29.0 Å². The Kier molecular flexibility index (Phi) is 23.6. The lowest BCUT2D eigenvalue weighted by Crippen LogP contribution is -2.64. The van der Waals surface area contributed by atoms with Crippen molar-refractivity contribution < 1.29 is 63.1 Å². The van der Waals surface area contributed by atoms with Gasteiger partial charge in [-0.2, -0.15) is 0 Å². The quantitative estimate of drug-likeness (QED) is 0.0532. The summed E-state index contributed by atoms with van der Waals surface area (Å²) in [5, 5.41) is 54.4. The number of nitrogens with zero attached hydrogens (tertiary/aromatic N) is 1. The number of aromatic hydroxyl groups is 1. The number of aliphatic hydroxyl groups is 3. The maximum Gasteiger partial charge on any atom is 0.325 e. The topological polar surface area (TPSA) is 253 Å². The fourth-order valence-corrected chi connectivity index (χ4v) is 10.9. The van der Waals surface area contributed by atoms with Gasteiger partial charge in [-0.05, 0) is 106 Å². The Morgan fingerprint density at radius 1 is 1.01 bits per heavy atom. The number of allylic oxidation sites excluding steroid dienone is 5. The number of aliphatic hydroxyl groups excluding tert-OH is 3. The van der Waals surface area contributed by atoms with Crippen LogP contribution in [0.1, 0.15) is 139 Å². The molecule has 15 atom stereocenters. The van der Waals surface area contributed by atoms with E-state index in [1.165, 1.54) is 24.1 Å². The summed E-state index contributed by atoms with van der Waals surface area (Å²) in [6.07, 6.45) is 13.7. The van der Waals surface area contributed by atoms with E-state index in [2.05, 4.69) is 41.3 Å². The molecule has 2 bridgehead atoms. The minimum atomic E-state index is -1.46. The van der Waals surface area contributed by atoms with Crippen LogP contribution < -0.4 is 21.4 Å². The molecule has 17 nitrogen and oxygen atoms in total. The van der Waals surface area contributed by atoms with Gasteiger partial charge in [0, 0.05) is 55.9 Å². The number of fused-ring (bicyclic) bond motifs is 2. The molecule has 1 spiro atoms. The second-order valence-electron chi connectivity index (χ2n) is 22.8. The van der Waals surface area contributed by atoms with Crippen LogP contribution in [0, 0.1) is 47.2 Å². The van der Waals surface area contributed by atoms with E-state index in [0.717, 1.165) is 30.5 Å². The highest BCUT2D eigenvalue weighted by Crippen LogP contribution is 2.43. The molecule has 2 fully saturated rings. The highest BCUT2D eigenvalue weighted by atomic mass is 19.1. The average molecular weight is 1090 g/mol. The first kappa shape index (κ1) is 63.3. The number of phenolic OH excluding ortho intramolecular Hbond substituents is 1. The normalized spacial score (nSPS) is 32.1. The first-order valence-electron chi connectivity index (χ1n) is 28.1. The van der Waals surface area contributed by atoms with Crippen LogP contribution >= 0.6 is 0 Å². The molecule has 0 aliphatic carbocycles. The van der Waals surface area contributed by atoms with Crippen LogP contribution in [-0.2, 0) is 44.7 Å². The molecule has 4 heterocycles. The van der Waals surface area contributed by atoms with Crippen molar-refractivity contribution in [3.63, 3.8) is 0 Å². The number of cyclic esters (lactones) is 1. The Balaban J connectivity index is 1.35. The van der Waals surface area contributed by atoms with Crippen LogP contribution in [0.25, 0.3) is 0 Å². The van der Waals surface area contributed by atoms with Gasteiger partial charge >= 0.3 is 5.97 Å². The molecule has 1 aromatic rings. The molecule has 4 aliphatic heterocycles. The highest BCUT2D eigenvalue weighted by Gasteiger charge is 2.51. The molecule has 0 saturated carbocycles. The molecular weight excluding hydrogens is 1000 g/mol. The van der Waals surface area contributed by atoms with Crippen LogP contribution in [0.2, 0.25) is 0 Å². The summed E-state index contributed by atoms with van der Waals surface area (Å²) in [5.41, 5.74) is 4.11. The number of hydrogen-bond donors (Lipinski definition) is 8. The van der Waals surface area contributed by atoms with Crippen molar-refractivity contribution in [2.45, 2.75) is 194 Å². The number of ether oxygens (including phenoxy) is 2. The smallest absolute Gasteiger partial charge is 0.325 e. The van der Waals surface area contributed by atoms with E-state index in [1.54, 1.807) is 39.0 Å². The summed E-state index contributed by atoms with van der Waals surface area (Å²) in [7, 11) is 0. The number of rotatable bonds is 15. The Hall–Kier alpha value is -5.53. The number of benzene rings is 1. The van der Waals surface area contributed by atoms with Crippen LogP contribution in [0.3, 0.4) is 0 Å². The van der Waals surface area contributed by atoms with Crippen LogP contribution in [0.5, 0.6) is 5.75 Å². The second kappa shape index (κ2) is 29.1. The fraction of sp³-hybridized carbons (Fsp3) is 0.633. The van der Waals surface area contributed by atoms with Crippen molar-refractivity contribution in [2.24, 2.45) is 41.4 Å². The standard InChI is InChI=1S/C60H88FN5O12/c1-11-43-30-39(8)60(64-55(43)72)38(7)29-37(6)52(78-60)33-49(69)35(4)19-14-12-15-20-36(5)51-23-17-13-16-22-48(68)41(10)54(71)44(26-24-40(9)67)56(73)63-53(34(2)3)57(74)62-47(31-42-25-27-45(61)50(70)32-42)58(75)66-28-18-21-46(65-66)59(76)77-51/h12-13,15-17,20,22,25,27,29,32,34-35,37,39,41,43-44,46-49,51-54,65,68-71H,11,14,18-19,21,23-24,26,28,30-31,33H2,1-10H3,(H,62,74)(H,63,73)(H,64,72)/t35-,37+,39-,41-,43-,44+,46?,47-,48-,49-,51-,52-,53-,54+,60-/m0/s1. The fourth-order valence-electron chi connectivity index (χ4n) is 10.9. The minimum Gasteiger partial charge on any atom is -0.505 e. The number of hydrazine groups is 1. The van der Waals surface area contributed by atoms with Gasteiger partial charge in [0.25, 0.3) is 5.91 Å². The van der Waals surface area contributed by atoms with E-state index in [0.29, 0.717) is 43.2 Å². The first-order chi connectivity index (χ1) is 36.9. The van der Waals surface area contributed by atoms with Crippen LogP contribution in [0.4, 0.5) is 4.39 Å². The Morgan fingerprint density at radius 3 is 2.42 bits per heavy atom. The lowest BCUT2D eigenvalue weighted by molar-refractivity contribution is -0.179. The molecule has 432 valence electrons. The van der Waals surface area contributed by atoms with Gasteiger partial charge < -0.3 is 50.6 Å². The second-order valence-corrected chi connectivity index (χ2v) is 22.8. The van der Waals surface area contributed by atoms with Gasteiger partial charge in [-0.1, -0.05) is 103 Å². The van der Waals surface area contributed by atoms with Crippen molar-refractivity contribution in [3.8, 4) is 5.75 Å². The zero-order valence-electron chi connectivity index (χ0n) is 47.4. The summed E-state index contributed by atoms with van der Waals surface area (Å²) >= 11 is 0. The maximum atomic E-state index is 14.5. The number of carbonyl (C=O) groups is 6. The van der Waals surface area contributed by atoms with E-state index >= 15 is 0 Å². The van der Waals surface area contributed by atoms with Gasteiger partial charge in [0.15, 0.2) is 17.3 Å². The molecule has 8 N–H and O–H groups in total. The summed E-state index contributed by atoms with van der Waals surface area (Å²) in [4.78, 5) is 82.1. The zero-order chi connectivity index (χ0) is 57.6. The highest BCUT2D eigenvalue weighted by molar-refractivity contribution is 5.93. The molecule has 0 aromatic heterocycles. The molecule has 4 amide bonds. The van der Waals surface area contributed by atoms with Crippen LogP contribution in [-0.4, -0.2) is 122 Å². The van der Waals surface area contributed by atoms with E-state index in [-0.39, 0.29) is 73.7 Å². The van der Waals surface area contributed by atoms with Crippen molar-refractivity contribution in [3.05, 3.63) is 89.3 Å². The predicted molar refractivity (Wildman–Crippen MR) is 294 cm³/mol. The predicted octanol–water partition coefficient (Wildman–Crippen LogP) is 6.50. The SMILES string of the molecule is CC[C@H]1C[C@H](C)[C@@]2(NC1=O)O[C@@H](C[C@H](O)[C@@H](C)CCC=CC=C(C)[C@@H]1CC=CC=C[C@H](O)[C@H](C)[C@@H](O)[C@@H](CCC(C)=O)C(=O)N[C@@H](C(C)C)C(=O)N[C@@H](Cc3ccc(F)c(O)c3)C(=O)N3CCCC(N3)C(=O)O1)[C@H](C)C=C2C. The number of phenols is 1. The molecule has 1 unspecified atom stereocenters. The number of ketones is 1. The van der Waals surface area contributed by atoms with Gasteiger partial charge in [-0.25, -0.2) is 9.82 Å². The third-order valence-corrected chi connectivity index (χ3v) is 16.3. The van der Waals surface area contributed by atoms with Crippen molar-refractivity contribution in [2.75, 3.05) is 6.54 Å². The summed E-state index contributed by atoms with van der Waals surface area (Å²) in [5.74, 6) is -7.25. The van der Waals surface area contributed by atoms with Gasteiger partial charge in [0.1, 0.15) is 30.0 Å². The Labute approximate surface area is 460 Å². The number of nitrogens with one attached hydrogen (secondary N) is 4. The molecule has 0 radical (unpaired) electrons. The minimum absolute atomic E-state index is 0.000721. The lowest BCUT2D eigenvalue weighted by Gasteiger charge is -2.51. The van der Waals surface area contributed by atoms with Gasteiger partial charge in [-0.15, -0.1) is 0 Å². The molecule has 5 rings (SSSR count). The van der Waals surface area contributed by atoms with E-state index in [4.69, 9.17) is 9.47 Å². The molecule has 4 aliphatic rings. The Morgan fingerprint density at radius 2 is 1.74 bits per heavy atom. The Bertz CT molecular complexity index is 2420. The van der Waals surface area contributed by atoms with Crippen molar-refractivity contribution in [1.82, 2.24) is 26.4 Å². The van der Waals surface area contributed by atoms with Crippen molar-refractivity contribution in [1.29, 1.82) is 0 Å². The van der Waals surface area contributed by atoms with Crippen molar-refractivity contribution >= 4 is 35.4 Å². The molecule has 1 aromatic carbocycles. The number of Topliss-reactive ketones (excluding diaryl/α,β-unsaturated/α-hetero) is 1. The van der Waals surface area contributed by atoms with E-state index in [1.807, 2.05) is 45.9 Å². The summed E-state index contributed by atoms with van der Waals surface area (Å²) in [6, 6.07) is -0.0374. The van der Waals surface area contributed by atoms with E-state index < -0.39 is 101 Å². The summed E-state index contributed by atoms with van der Waals surface area (Å²) < 4.78 is 27.1. The lowest BCUT2D eigenvalue weighted by atomic mass is 9.75. The third kappa shape index (κ3) is 16.8. The number of amides is 4. The largest absolute Gasteiger partial charge is 0.505 e. The number of piperidine rings is 1. The third-order valence-electron chi connectivity index (χ3n) is 16.3. The number of carbonyl (C=O) groups excluding carboxylic acids is 6. The van der Waals surface area contributed by atoms with Gasteiger partial charge in [0.05, 0.1) is 30.3 Å². The average Bonchev–Trinajstić information content (AvgIpc) is 3.48. The number of hydrogen-bond acceptors (Lipinski definition) is 13. The monoisotopic (exact) mass is 1090 g/mol. The number of halogens is 1. The first-order valence-corrected chi connectivity index (χ1v) is 28.1. The molecule has 2 saturated heterocycles.